The summed E-state index contributed by atoms with van der Waals surface area (Å²) in [6, 6.07) is 8.99. The van der Waals surface area contributed by atoms with Crippen LogP contribution in [-0.2, 0) is 10.3 Å². The van der Waals surface area contributed by atoms with Gasteiger partial charge in [0.15, 0.2) is 0 Å². The van der Waals surface area contributed by atoms with E-state index in [1.54, 1.807) is 6.92 Å². The van der Waals surface area contributed by atoms with Crippen molar-refractivity contribution >= 4 is 5.91 Å². The molecule has 2 N–H and O–H groups in total. The van der Waals surface area contributed by atoms with Crippen LogP contribution in [-0.4, -0.2) is 17.5 Å². The van der Waals surface area contributed by atoms with Crippen molar-refractivity contribution in [3.8, 4) is 0 Å². The third-order valence-corrected chi connectivity index (χ3v) is 4.26. The molecule has 0 spiro atoms. The van der Waals surface area contributed by atoms with Crippen LogP contribution >= 0.6 is 0 Å². The van der Waals surface area contributed by atoms with Crippen LogP contribution in [0.15, 0.2) is 24.3 Å². The predicted molar refractivity (Wildman–Crippen MR) is 87.2 cm³/mol. The van der Waals surface area contributed by atoms with Gasteiger partial charge in [0.25, 0.3) is 0 Å². The van der Waals surface area contributed by atoms with Crippen molar-refractivity contribution in [2.45, 2.75) is 71.0 Å². The van der Waals surface area contributed by atoms with E-state index in [1.165, 1.54) is 24.0 Å². The molecule has 1 amide bonds. The fraction of sp³-hybridized carbons (Fsp3) is 0.611. The maximum Gasteiger partial charge on any atom is 0.217 e. The molecular weight excluding hydrogens is 260 g/mol. The molecule has 0 bridgehead atoms. The highest BCUT2D eigenvalue weighted by Gasteiger charge is 2.45. The number of nitrogens with one attached hydrogen (secondary N) is 2. The lowest BCUT2D eigenvalue weighted by molar-refractivity contribution is -0.120. The van der Waals surface area contributed by atoms with E-state index in [1.807, 2.05) is 0 Å². The third-order valence-electron chi connectivity index (χ3n) is 4.26. The zero-order valence-corrected chi connectivity index (χ0v) is 13.9. The lowest BCUT2D eigenvalue weighted by Crippen LogP contribution is -2.48. The van der Waals surface area contributed by atoms with Gasteiger partial charge in [0.2, 0.25) is 5.91 Å². The molecule has 0 radical (unpaired) electrons. The van der Waals surface area contributed by atoms with Crippen LogP contribution in [0.3, 0.4) is 0 Å². The Balaban J connectivity index is 2.01. The SMILES string of the molecule is CC(=O)NC(C)(C)C[C@@H](C)NC1(c2ccccc2C)CC1. The van der Waals surface area contributed by atoms with E-state index in [0.29, 0.717) is 6.04 Å². The van der Waals surface area contributed by atoms with Crippen molar-refractivity contribution < 1.29 is 4.79 Å². The van der Waals surface area contributed by atoms with E-state index < -0.39 is 0 Å². The van der Waals surface area contributed by atoms with Crippen molar-refractivity contribution in [1.82, 2.24) is 10.6 Å². The molecule has 0 unspecified atom stereocenters. The van der Waals surface area contributed by atoms with Gasteiger partial charge in [0, 0.05) is 24.0 Å². The highest BCUT2D eigenvalue weighted by molar-refractivity contribution is 5.73. The Morgan fingerprint density at radius 1 is 1.33 bits per heavy atom. The Morgan fingerprint density at radius 2 is 1.95 bits per heavy atom. The minimum atomic E-state index is -0.180. The molecule has 1 aromatic carbocycles. The summed E-state index contributed by atoms with van der Waals surface area (Å²) < 4.78 is 0. The Labute approximate surface area is 128 Å². The summed E-state index contributed by atoms with van der Waals surface area (Å²) in [5.41, 5.74) is 2.75. The second-order valence-electron chi connectivity index (χ2n) is 7.21. The first-order valence-electron chi connectivity index (χ1n) is 7.87. The average molecular weight is 288 g/mol. The first-order valence-corrected chi connectivity index (χ1v) is 7.87. The van der Waals surface area contributed by atoms with Crippen LogP contribution in [0.4, 0.5) is 0 Å². The molecule has 1 atom stereocenters. The number of benzene rings is 1. The topological polar surface area (TPSA) is 41.1 Å². The standard InChI is InChI=1S/C18H28N2O/c1-13-8-6-7-9-16(13)18(10-11-18)19-14(2)12-17(4,5)20-15(3)21/h6-9,14,19H,10-12H2,1-5H3,(H,20,21)/t14-/m1/s1. The largest absolute Gasteiger partial charge is 0.351 e. The minimum Gasteiger partial charge on any atom is -0.351 e. The number of carbonyl (C=O) groups excluding carboxylic acids is 1. The molecule has 1 aromatic rings. The van der Waals surface area contributed by atoms with Gasteiger partial charge < -0.3 is 10.6 Å². The lowest BCUT2D eigenvalue weighted by Gasteiger charge is -2.32. The van der Waals surface area contributed by atoms with Crippen LogP contribution < -0.4 is 10.6 Å². The van der Waals surface area contributed by atoms with Crippen LogP contribution in [0.1, 0.15) is 58.1 Å². The molecule has 1 saturated carbocycles. The maximum atomic E-state index is 11.3. The van der Waals surface area contributed by atoms with Gasteiger partial charge in [-0.1, -0.05) is 24.3 Å². The molecule has 1 fully saturated rings. The first-order chi connectivity index (χ1) is 9.74. The molecular formula is C18H28N2O. The normalized spacial score (nSPS) is 18.1. The van der Waals surface area contributed by atoms with Gasteiger partial charge in [0.1, 0.15) is 0 Å². The Bertz CT molecular complexity index is 518. The van der Waals surface area contributed by atoms with E-state index in [0.717, 1.165) is 6.42 Å². The zero-order valence-electron chi connectivity index (χ0n) is 13.9. The average Bonchev–Trinajstić information content (AvgIpc) is 3.07. The van der Waals surface area contributed by atoms with Crippen LogP contribution in [0, 0.1) is 6.92 Å². The highest BCUT2D eigenvalue weighted by Crippen LogP contribution is 2.47. The van der Waals surface area contributed by atoms with Crippen molar-refractivity contribution in [2.75, 3.05) is 0 Å². The number of hydrogen-bond acceptors (Lipinski definition) is 2. The molecule has 2 rings (SSSR count). The lowest BCUT2D eigenvalue weighted by atomic mass is 9.93. The fourth-order valence-electron chi connectivity index (χ4n) is 3.54. The van der Waals surface area contributed by atoms with E-state index in [9.17, 15) is 4.79 Å². The van der Waals surface area contributed by atoms with Gasteiger partial charge in [-0.2, -0.15) is 0 Å². The van der Waals surface area contributed by atoms with E-state index in [2.05, 4.69) is 62.6 Å². The third kappa shape index (κ3) is 4.07. The summed E-state index contributed by atoms with van der Waals surface area (Å²) in [7, 11) is 0. The van der Waals surface area contributed by atoms with Crippen LogP contribution in [0.2, 0.25) is 0 Å². The highest BCUT2D eigenvalue weighted by atomic mass is 16.1. The number of amides is 1. The van der Waals surface area contributed by atoms with Crippen LogP contribution in [0.25, 0.3) is 0 Å². The van der Waals surface area contributed by atoms with Crippen molar-refractivity contribution in [3.05, 3.63) is 35.4 Å². The van der Waals surface area contributed by atoms with Gasteiger partial charge in [-0.25, -0.2) is 0 Å². The number of carbonyl (C=O) groups is 1. The zero-order chi connectivity index (χ0) is 15.7. The maximum absolute atomic E-state index is 11.3. The first kappa shape index (κ1) is 16.0. The van der Waals surface area contributed by atoms with Crippen molar-refractivity contribution in [1.29, 1.82) is 0 Å². The minimum absolute atomic E-state index is 0.0345. The summed E-state index contributed by atoms with van der Waals surface area (Å²) in [5.74, 6) is 0.0345. The van der Waals surface area contributed by atoms with Gasteiger partial charge in [0.05, 0.1) is 0 Å². The molecule has 0 aliphatic heterocycles. The molecule has 1 aliphatic rings. The van der Waals surface area contributed by atoms with E-state index in [-0.39, 0.29) is 17.0 Å². The van der Waals surface area contributed by atoms with Gasteiger partial charge in [-0.3, -0.25) is 4.79 Å². The van der Waals surface area contributed by atoms with Crippen LogP contribution in [0.5, 0.6) is 0 Å². The summed E-state index contributed by atoms with van der Waals surface area (Å²) in [5, 5.41) is 6.83. The van der Waals surface area contributed by atoms with Gasteiger partial charge in [-0.15, -0.1) is 0 Å². The summed E-state index contributed by atoms with van der Waals surface area (Å²) >= 11 is 0. The summed E-state index contributed by atoms with van der Waals surface area (Å²) in [6.45, 7) is 10.1. The van der Waals surface area contributed by atoms with Crippen molar-refractivity contribution in [3.63, 3.8) is 0 Å². The summed E-state index contributed by atoms with van der Waals surface area (Å²) in [6.07, 6.45) is 3.31. The smallest absolute Gasteiger partial charge is 0.217 e. The molecule has 21 heavy (non-hydrogen) atoms. The molecule has 3 heteroatoms. The molecule has 3 nitrogen and oxygen atoms in total. The monoisotopic (exact) mass is 288 g/mol. The second-order valence-corrected chi connectivity index (χ2v) is 7.21. The quantitative estimate of drug-likeness (QED) is 0.843. The number of rotatable bonds is 6. The van der Waals surface area contributed by atoms with E-state index in [4.69, 9.17) is 0 Å². The molecule has 1 aliphatic carbocycles. The molecule has 0 heterocycles. The number of aryl methyl sites for hydroxylation is 1. The Hall–Kier alpha value is -1.35. The Kier molecular flexibility index (Phi) is 4.43. The van der Waals surface area contributed by atoms with E-state index >= 15 is 0 Å². The van der Waals surface area contributed by atoms with Crippen molar-refractivity contribution in [2.24, 2.45) is 0 Å². The van der Waals surface area contributed by atoms with Gasteiger partial charge >= 0.3 is 0 Å². The molecule has 0 saturated heterocycles. The fourth-order valence-corrected chi connectivity index (χ4v) is 3.54. The predicted octanol–water partition coefficient (Wildman–Crippen LogP) is 3.27. The number of hydrogen-bond donors (Lipinski definition) is 2. The Morgan fingerprint density at radius 3 is 2.48 bits per heavy atom. The summed E-state index contributed by atoms with van der Waals surface area (Å²) in [4.78, 5) is 11.3. The second kappa shape index (κ2) is 5.80. The molecule has 0 aromatic heterocycles. The molecule has 116 valence electrons. The van der Waals surface area contributed by atoms with Gasteiger partial charge in [-0.05, 0) is 58.1 Å².